The lowest BCUT2D eigenvalue weighted by Gasteiger charge is -2.21. The van der Waals surface area contributed by atoms with Gasteiger partial charge in [0.2, 0.25) is 0 Å². The summed E-state index contributed by atoms with van der Waals surface area (Å²) in [5.74, 6) is 2.34. The fourth-order valence-corrected chi connectivity index (χ4v) is 3.94. The van der Waals surface area contributed by atoms with E-state index < -0.39 is 0 Å². The van der Waals surface area contributed by atoms with E-state index in [1.807, 2.05) is 30.5 Å². The molecule has 1 aliphatic heterocycles. The Morgan fingerprint density at radius 1 is 1.27 bits per heavy atom. The Labute approximate surface area is 173 Å². The van der Waals surface area contributed by atoms with Crippen LogP contribution in [0.25, 0.3) is 22.5 Å². The smallest absolute Gasteiger partial charge is 0.166 e. The minimum Gasteiger partial charge on any atom is -0.482 e. The Morgan fingerprint density at radius 2 is 2.13 bits per heavy atom. The number of anilines is 1. The second-order valence-electron chi connectivity index (χ2n) is 7.52. The fraction of sp³-hybridized carbons (Fsp3) is 0.273. The van der Waals surface area contributed by atoms with Crippen molar-refractivity contribution >= 4 is 5.82 Å². The molecule has 8 heteroatoms. The molecular weight excluding hydrogens is 380 g/mol. The second kappa shape index (κ2) is 6.98. The van der Waals surface area contributed by atoms with E-state index >= 15 is 0 Å². The third kappa shape index (κ3) is 2.92. The molecule has 152 valence electrons. The first-order chi connectivity index (χ1) is 14.5. The SMILES string of the molecule is CCc1noc2c1-c1cnc(N)c(c1)O[C@H](C)c1cc(C)ccc1-c1nncn1C2. The molecule has 2 bridgehead atoms. The van der Waals surface area contributed by atoms with Gasteiger partial charge < -0.3 is 19.6 Å². The number of aryl methyl sites for hydroxylation is 2. The number of nitrogen functional groups attached to an aromatic ring is 1. The van der Waals surface area contributed by atoms with Crippen LogP contribution in [0, 0.1) is 6.92 Å². The second-order valence-corrected chi connectivity index (χ2v) is 7.52. The zero-order chi connectivity index (χ0) is 20.8. The molecule has 0 radical (unpaired) electrons. The molecule has 8 nitrogen and oxygen atoms in total. The zero-order valence-corrected chi connectivity index (χ0v) is 17.1. The minimum absolute atomic E-state index is 0.267. The Bertz CT molecular complexity index is 1240. The summed E-state index contributed by atoms with van der Waals surface area (Å²) in [4.78, 5) is 4.38. The van der Waals surface area contributed by atoms with Gasteiger partial charge in [-0.2, -0.15) is 0 Å². The molecule has 1 atom stereocenters. The van der Waals surface area contributed by atoms with E-state index in [-0.39, 0.29) is 6.10 Å². The highest BCUT2D eigenvalue weighted by Gasteiger charge is 2.24. The molecular formula is C22H22N6O2. The normalized spacial score (nSPS) is 15.2. The Kier molecular flexibility index (Phi) is 4.27. The summed E-state index contributed by atoms with van der Waals surface area (Å²) < 4.78 is 14.0. The van der Waals surface area contributed by atoms with Gasteiger partial charge >= 0.3 is 0 Å². The number of nitrogens with zero attached hydrogens (tertiary/aromatic N) is 5. The molecule has 0 unspecified atom stereocenters. The summed E-state index contributed by atoms with van der Waals surface area (Å²) >= 11 is 0. The van der Waals surface area contributed by atoms with Crippen LogP contribution < -0.4 is 10.5 Å². The number of ether oxygens (including phenoxy) is 1. The lowest BCUT2D eigenvalue weighted by Crippen LogP contribution is -2.11. The maximum Gasteiger partial charge on any atom is 0.166 e. The van der Waals surface area contributed by atoms with Gasteiger partial charge in [0.25, 0.3) is 0 Å². The first-order valence-electron chi connectivity index (χ1n) is 9.93. The highest BCUT2D eigenvalue weighted by Crippen LogP contribution is 2.37. The maximum absolute atomic E-state index is 6.30. The number of pyridine rings is 1. The lowest BCUT2D eigenvalue weighted by atomic mass is 9.99. The molecule has 4 heterocycles. The molecule has 0 fully saturated rings. The van der Waals surface area contributed by atoms with Gasteiger partial charge in [0.05, 0.1) is 17.8 Å². The van der Waals surface area contributed by atoms with Crippen LogP contribution in [0.1, 0.15) is 42.5 Å². The van der Waals surface area contributed by atoms with E-state index in [0.717, 1.165) is 45.8 Å². The van der Waals surface area contributed by atoms with Crippen molar-refractivity contribution in [2.24, 2.45) is 0 Å². The minimum atomic E-state index is -0.267. The summed E-state index contributed by atoms with van der Waals surface area (Å²) in [7, 11) is 0. The van der Waals surface area contributed by atoms with Crippen molar-refractivity contribution in [1.82, 2.24) is 24.9 Å². The van der Waals surface area contributed by atoms with Crippen LogP contribution in [0.2, 0.25) is 0 Å². The van der Waals surface area contributed by atoms with Crippen LogP contribution in [-0.2, 0) is 13.0 Å². The van der Waals surface area contributed by atoms with Crippen molar-refractivity contribution in [1.29, 1.82) is 0 Å². The van der Waals surface area contributed by atoms with Crippen molar-refractivity contribution in [2.75, 3.05) is 5.73 Å². The van der Waals surface area contributed by atoms with E-state index in [4.69, 9.17) is 15.0 Å². The molecule has 0 saturated heterocycles. The molecule has 0 aliphatic carbocycles. The van der Waals surface area contributed by atoms with Gasteiger partial charge in [-0.25, -0.2) is 4.98 Å². The van der Waals surface area contributed by atoms with Gasteiger partial charge in [0.1, 0.15) is 12.4 Å². The zero-order valence-electron chi connectivity index (χ0n) is 17.1. The number of rotatable bonds is 1. The molecule has 30 heavy (non-hydrogen) atoms. The van der Waals surface area contributed by atoms with Crippen molar-refractivity contribution in [3.8, 4) is 28.3 Å². The fourth-order valence-electron chi connectivity index (χ4n) is 3.94. The highest BCUT2D eigenvalue weighted by molar-refractivity contribution is 5.71. The van der Waals surface area contributed by atoms with Crippen LogP contribution >= 0.6 is 0 Å². The van der Waals surface area contributed by atoms with Crippen LogP contribution in [0.4, 0.5) is 5.82 Å². The van der Waals surface area contributed by atoms with Crippen molar-refractivity contribution in [3.63, 3.8) is 0 Å². The third-order valence-corrected chi connectivity index (χ3v) is 5.46. The van der Waals surface area contributed by atoms with Gasteiger partial charge in [-0.15, -0.1) is 10.2 Å². The summed E-state index contributed by atoms with van der Waals surface area (Å²) in [5.41, 5.74) is 11.9. The first kappa shape index (κ1) is 18.4. The number of aromatic nitrogens is 5. The van der Waals surface area contributed by atoms with Gasteiger partial charge in [-0.1, -0.05) is 35.8 Å². The van der Waals surface area contributed by atoms with E-state index in [1.165, 1.54) is 0 Å². The number of nitrogens with two attached hydrogens (primary N) is 1. The van der Waals surface area contributed by atoms with E-state index in [9.17, 15) is 0 Å². The van der Waals surface area contributed by atoms with Crippen molar-refractivity contribution in [2.45, 2.75) is 39.8 Å². The first-order valence-corrected chi connectivity index (χ1v) is 9.93. The molecule has 2 N–H and O–H groups in total. The van der Waals surface area contributed by atoms with Crippen LogP contribution in [0.5, 0.6) is 5.75 Å². The van der Waals surface area contributed by atoms with Gasteiger partial charge in [-0.05, 0) is 26.3 Å². The topological polar surface area (TPSA) is 105 Å². The van der Waals surface area contributed by atoms with Gasteiger partial charge in [-0.3, -0.25) is 0 Å². The summed E-state index contributed by atoms with van der Waals surface area (Å²) in [6, 6.07) is 8.13. The predicted octanol–water partition coefficient (Wildman–Crippen LogP) is 3.95. The van der Waals surface area contributed by atoms with Crippen molar-refractivity contribution < 1.29 is 9.26 Å². The standard InChI is InChI=1S/C22H22N6O2/c1-4-17-20-14-8-18(21(23)24-9-14)29-13(3)16-7-12(2)5-6-15(16)22-26-25-11-28(22)10-19(20)30-27-17/h5-9,11,13H,4,10H2,1-3H3,(H2,23,24)/t13-/m1/s1. The number of benzene rings is 1. The maximum atomic E-state index is 6.30. The Hall–Kier alpha value is -3.68. The molecule has 5 rings (SSSR count). The van der Waals surface area contributed by atoms with Gasteiger partial charge in [0, 0.05) is 22.9 Å². The third-order valence-electron chi connectivity index (χ3n) is 5.46. The molecule has 0 spiro atoms. The van der Waals surface area contributed by atoms with Crippen LogP contribution in [0.3, 0.4) is 0 Å². The number of fused-ring (bicyclic) bond motifs is 7. The van der Waals surface area contributed by atoms with E-state index in [1.54, 1.807) is 12.5 Å². The summed E-state index contributed by atoms with van der Waals surface area (Å²) in [5, 5.41) is 12.8. The average molecular weight is 402 g/mol. The van der Waals surface area contributed by atoms with Crippen LogP contribution in [0.15, 0.2) is 41.3 Å². The Morgan fingerprint density at radius 3 is 2.97 bits per heavy atom. The van der Waals surface area contributed by atoms with Crippen LogP contribution in [-0.4, -0.2) is 24.9 Å². The molecule has 0 saturated carbocycles. The molecule has 0 amide bonds. The average Bonchev–Trinajstić information content (AvgIpc) is 3.36. The molecule has 1 aromatic carbocycles. The van der Waals surface area contributed by atoms with E-state index in [2.05, 4.69) is 39.4 Å². The van der Waals surface area contributed by atoms with Gasteiger partial charge in [0.15, 0.2) is 23.2 Å². The lowest BCUT2D eigenvalue weighted by molar-refractivity contribution is 0.228. The largest absolute Gasteiger partial charge is 0.482 e. The molecule has 4 aromatic rings. The monoisotopic (exact) mass is 402 g/mol. The Balaban J connectivity index is 1.79. The van der Waals surface area contributed by atoms with E-state index in [0.29, 0.717) is 23.9 Å². The number of hydrogen-bond acceptors (Lipinski definition) is 7. The number of hydrogen-bond donors (Lipinski definition) is 1. The summed E-state index contributed by atoms with van der Waals surface area (Å²) in [6.07, 6.45) is 3.91. The van der Waals surface area contributed by atoms with Crippen molar-refractivity contribution in [3.05, 3.63) is 59.4 Å². The summed E-state index contributed by atoms with van der Waals surface area (Å²) in [6.45, 7) is 6.55. The quantitative estimate of drug-likeness (QED) is 0.514. The predicted molar refractivity (Wildman–Crippen MR) is 112 cm³/mol. The highest BCUT2D eigenvalue weighted by atomic mass is 16.5. The molecule has 3 aromatic heterocycles. The molecule has 1 aliphatic rings.